The molecular formula is C13H23N3O2. The van der Waals surface area contributed by atoms with E-state index in [1.165, 1.54) is 11.3 Å². The molecule has 0 radical (unpaired) electrons. The molecule has 2 amide bonds. The van der Waals surface area contributed by atoms with E-state index in [9.17, 15) is 9.59 Å². The van der Waals surface area contributed by atoms with E-state index in [0.717, 1.165) is 32.5 Å². The highest BCUT2D eigenvalue weighted by molar-refractivity contribution is 5.97. The molecule has 2 aliphatic rings. The summed E-state index contributed by atoms with van der Waals surface area (Å²) in [6, 6.07) is 0. The van der Waals surface area contributed by atoms with E-state index in [1.54, 1.807) is 0 Å². The molecular weight excluding hydrogens is 230 g/mol. The minimum atomic E-state index is -0.0115. The Balaban J connectivity index is 1.81. The Morgan fingerprint density at radius 2 is 2.22 bits per heavy atom. The number of nitrogens with one attached hydrogen (secondary N) is 1. The number of hydrogen-bond donors (Lipinski definition) is 1. The van der Waals surface area contributed by atoms with Crippen LogP contribution in [0, 0.1) is 5.92 Å². The summed E-state index contributed by atoms with van der Waals surface area (Å²) in [6.07, 6.45) is 3.74. The van der Waals surface area contributed by atoms with Gasteiger partial charge < -0.3 is 5.32 Å². The molecule has 0 aromatic carbocycles. The van der Waals surface area contributed by atoms with Crippen molar-refractivity contribution in [2.45, 2.75) is 25.7 Å². The third-order valence-corrected chi connectivity index (χ3v) is 3.83. The van der Waals surface area contributed by atoms with Gasteiger partial charge in [0.25, 0.3) is 0 Å². The molecule has 2 fully saturated rings. The lowest BCUT2D eigenvalue weighted by molar-refractivity contribution is -0.142. The van der Waals surface area contributed by atoms with Gasteiger partial charge in [0.05, 0.1) is 6.54 Å². The number of imide groups is 1. The normalized spacial score (nSPS) is 25.7. The van der Waals surface area contributed by atoms with Crippen molar-refractivity contribution < 1.29 is 9.59 Å². The van der Waals surface area contributed by atoms with Crippen molar-refractivity contribution in [2.75, 3.05) is 39.8 Å². The minimum absolute atomic E-state index is 0.00350. The molecule has 0 aliphatic carbocycles. The molecule has 18 heavy (non-hydrogen) atoms. The van der Waals surface area contributed by atoms with Gasteiger partial charge >= 0.3 is 0 Å². The predicted molar refractivity (Wildman–Crippen MR) is 69.0 cm³/mol. The highest BCUT2D eigenvalue weighted by atomic mass is 16.2. The van der Waals surface area contributed by atoms with Gasteiger partial charge in [-0.1, -0.05) is 0 Å². The lowest BCUT2D eigenvalue weighted by Crippen LogP contribution is -2.45. The Morgan fingerprint density at radius 1 is 1.39 bits per heavy atom. The Hall–Kier alpha value is -0.940. The molecule has 102 valence electrons. The number of carbonyl (C=O) groups is 2. The van der Waals surface area contributed by atoms with Gasteiger partial charge in [0.1, 0.15) is 0 Å². The molecule has 0 spiro atoms. The third-order valence-electron chi connectivity index (χ3n) is 3.83. The fraction of sp³-hybridized carbons (Fsp3) is 0.846. The predicted octanol–water partition coefficient (Wildman–Crippen LogP) is 0.0668. The first kappa shape index (κ1) is 13.5. The van der Waals surface area contributed by atoms with Gasteiger partial charge in [0.2, 0.25) is 11.8 Å². The molecule has 1 N–H and O–H groups in total. The number of rotatable bonds is 4. The summed E-state index contributed by atoms with van der Waals surface area (Å²) in [5, 5.41) is 3.20. The molecule has 1 atom stereocenters. The standard InChI is InChI=1S/C13H23N3O2/c1-14-8-11-4-2-6-15(9-11)10-13(18)16-7-3-5-12(16)17/h11,14H,2-10H2,1H3. The SMILES string of the molecule is CNCC1CCCN(CC(=O)N2CCCC2=O)C1. The van der Waals surface area contributed by atoms with Crippen LogP contribution < -0.4 is 5.32 Å². The van der Waals surface area contributed by atoms with Crippen LogP contribution in [-0.2, 0) is 9.59 Å². The summed E-state index contributed by atoms with van der Waals surface area (Å²) in [5.41, 5.74) is 0. The highest BCUT2D eigenvalue weighted by Crippen LogP contribution is 2.16. The van der Waals surface area contributed by atoms with E-state index in [2.05, 4.69) is 10.2 Å². The summed E-state index contributed by atoms with van der Waals surface area (Å²) in [7, 11) is 1.97. The molecule has 0 bridgehead atoms. The third kappa shape index (κ3) is 3.29. The Labute approximate surface area is 108 Å². The zero-order chi connectivity index (χ0) is 13.0. The van der Waals surface area contributed by atoms with Gasteiger partial charge in [0, 0.05) is 19.5 Å². The zero-order valence-electron chi connectivity index (χ0n) is 11.2. The van der Waals surface area contributed by atoms with Crippen LogP contribution in [0.15, 0.2) is 0 Å². The van der Waals surface area contributed by atoms with Crippen molar-refractivity contribution in [1.29, 1.82) is 0 Å². The van der Waals surface area contributed by atoms with Crippen LogP contribution >= 0.6 is 0 Å². The second-order valence-electron chi connectivity index (χ2n) is 5.34. The molecule has 0 aromatic heterocycles. The fourth-order valence-electron chi connectivity index (χ4n) is 2.94. The zero-order valence-corrected chi connectivity index (χ0v) is 11.2. The first-order chi connectivity index (χ1) is 8.70. The van der Waals surface area contributed by atoms with E-state index in [4.69, 9.17) is 0 Å². The maximum Gasteiger partial charge on any atom is 0.243 e. The van der Waals surface area contributed by atoms with Crippen molar-refractivity contribution in [2.24, 2.45) is 5.92 Å². The van der Waals surface area contributed by atoms with Crippen LogP contribution in [-0.4, -0.2) is 61.4 Å². The van der Waals surface area contributed by atoms with Crippen molar-refractivity contribution >= 4 is 11.8 Å². The second kappa shape index (κ2) is 6.29. The van der Waals surface area contributed by atoms with Crippen molar-refractivity contribution in [3.8, 4) is 0 Å². The van der Waals surface area contributed by atoms with Crippen LogP contribution in [0.5, 0.6) is 0 Å². The highest BCUT2D eigenvalue weighted by Gasteiger charge is 2.29. The summed E-state index contributed by atoms with van der Waals surface area (Å²) in [5.74, 6) is 0.622. The molecule has 1 unspecified atom stereocenters. The van der Waals surface area contributed by atoms with E-state index in [0.29, 0.717) is 25.4 Å². The van der Waals surface area contributed by atoms with E-state index >= 15 is 0 Å². The van der Waals surface area contributed by atoms with Crippen LogP contribution in [0.3, 0.4) is 0 Å². The molecule has 0 saturated carbocycles. The molecule has 0 aromatic rings. The lowest BCUT2D eigenvalue weighted by atomic mass is 9.98. The quantitative estimate of drug-likeness (QED) is 0.770. The first-order valence-electron chi connectivity index (χ1n) is 6.91. The minimum Gasteiger partial charge on any atom is -0.319 e. The monoisotopic (exact) mass is 253 g/mol. The largest absolute Gasteiger partial charge is 0.319 e. The van der Waals surface area contributed by atoms with Gasteiger partial charge in [-0.3, -0.25) is 19.4 Å². The van der Waals surface area contributed by atoms with Crippen molar-refractivity contribution in [1.82, 2.24) is 15.1 Å². The fourth-order valence-corrected chi connectivity index (χ4v) is 2.94. The van der Waals surface area contributed by atoms with Gasteiger partial charge in [-0.15, -0.1) is 0 Å². The maximum absolute atomic E-state index is 12.0. The summed E-state index contributed by atoms with van der Waals surface area (Å²) in [4.78, 5) is 27.2. The average molecular weight is 253 g/mol. The molecule has 2 saturated heterocycles. The van der Waals surface area contributed by atoms with E-state index in [1.807, 2.05) is 7.05 Å². The maximum atomic E-state index is 12.0. The summed E-state index contributed by atoms with van der Waals surface area (Å²) in [6.45, 7) is 3.98. The van der Waals surface area contributed by atoms with Gasteiger partial charge in [-0.05, 0) is 45.3 Å². The van der Waals surface area contributed by atoms with Crippen LogP contribution in [0.25, 0.3) is 0 Å². The molecule has 2 rings (SSSR count). The Kier molecular flexibility index (Phi) is 4.72. The molecule has 5 nitrogen and oxygen atoms in total. The first-order valence-corrected chi connectivity index (χ1v) is 6.91. The number of amides is 2. The van der Waals surface area contributed by atoms with Gasteiger partial charge in [0.15, 0.2) is 0 Å². The van der Waals surface area contributed by atoms with Crippen LogP contribution in [0.1, 0.15) is 25.7 Å². The summed E-state index contributed by atoms with van der Waals surface area (Å²) < 4.78 is 0. The smallest absolute Gasteiger partial charge is 0.243 e. The number of likely N-dealkylation sites (tertiary alicyclic amines) is 2. The Bertz CT molecular complexity index is 317. The van der Waals surface area contributed by atoms with Crippen LogP contribution in [0.2, 0.25) is 0 Å². The number of hydrogen-bond acceptors (Lipinski definition) is 4. The number of carbonyl (C=O) groups excluding carboxylic acids is 2. The van der Waals surface area contributed by atoms with Crippen molar-refractivity contribution in [3.05, 3.63) is 0 Å². The van der Waals surface area contributed by atoms with Crippen LogP contribution in [0.4, 0.5) is 0 Å². The van der Waals surface area contributed by atoms with E-state index in [-0.39, 0.29) is 11.8 Å². The summed E-state index contributed by atoms with van der Waals surface area (Å²) >= 11 is 0. The molecule has 2 heterocycles. The molecule has 5 heteroatoms. The Morgan fingerprint density at radius 3 is 2.89 bits per heavy atom. The second-order valence-corrected chi connectivity index (χ2v) is 5.34. The molecule has 2 aliphatic heterocycles. The number of piperidine rings is 1. The lowest BCUT2D eigenvalue weighted by Gasteiger charge is -2.32. The van der Waals surface area contributed by atoms with Gasteiger partial charge in [-0.25, -0.2) is 0 Å². The average Bonchev–Trinajstić information content (AvgIpc) is 2.76. The topological polar surface area (TPSA) is 52.7 Å². The number of nitrogens with zero attached hydrogens (tertiary/aromatic N) is 2. The van der Waals surface area contributed by atoms with E-state index < -0.39 is 0 Å². The van der Waals surface area contributed by atoms with Gasteiger partial charge in [-0.2, -0.15) is 0 Å². The van der Waals surface area contributed by atoms with Crippen molar-refractivity contribution in [3.63, 3.8) is 0 Å².